The van der Waals surface area contributed by atoms with Crippen molar-refractivity contribution >= 4 is 40.4 Å². The third kappa shape index (κ3) is 8.26. The van der Waals surface area contributed by atoms with E-state index in [1.807, 2.05) is 6.92 Å². The summed E-state index contributed by atoms with van der Waals surface area (Å²) < 4.78 is 28.2. The van der Waals surface area contributed by atoms with Gasteiger partial charge in [0.25, 0.3) is 5.91 Å². The standard InChI is InChI=1S/C38H46F2N6O3/c1-23(30-13-12-29(17-25(30)9-8-24-6-7-24)45-21-37(2,3)44-38(4,5)22-45)42-36(49)33-18-28(40)20-46(33)34(47)19-41-35(48)32-14-10-26-16-27(39)11-15-31(26)43-32/h8-17,23-24,28,33,44H,6-7,18-22H2,1-5H3,(H,41,48)(H,42,49)/b9-8+/t23-,28+,33-/m0/s1. The van der Waals surface area contributed by atoms with Crippen LogP contribution in [0.3, 0.4) is 0 Å². The lowest BCUT2D eigenvalue weighted by Crippen LogP contribution is -2.66. The van der Waals surface area contributed by atoms with Crippen molar-refractivity contribution < 1.29 is 23.2 Å². The number of pyridine rings is 1. The third-order valence-electron chi connectivity index (χ3n) is 9.44. The van der Waals surface area contributed by atoms with E-state index in [2.05, 4.69) is 83.9 Å². The van der Waals surface area contributed by atoms with Crippen LogP contribution in [0.2, 0.25) is 0 Å². The fraction of sp³-hybridized carbons (Fsp3) is 0.474. The molecule has 2 aliphatic heterocycles. The lowest BCUT2D eigenvalue weighted by Gasteiger charge is -2.49. The molecule has 0 spiro atoms. The highest BCUT2D eigenvalue weighted by Crippen LogP contribution is 2.34. The number of hydrogen-bond acceptors (Lipinski definition) is 6. The summed E-state index contributed by atoms with van der Waals surface area (Å²) in [4.78, 5) is 47.5. The highest BCUT2D eigenvalue weighted by Gasteiger charge is 2.40. The van der Waals surface area contributed by atoms with E-state index in [1.165, 1.54) is 42.0 Å². The van der Waals surface area contributed by atoms with Crippen LogP contribution in [0.1, 0.15) is 81.5 Å². The number of carbonyl (C=O) groups excluding carboxylic acids is 3. The summed E-state index contributed by atoms with van der Waals surface area (Å²) in [6.45, 7) is 11.8. The van der Waals surface area contributed by atoms with Gasteiger partial charge in [0.05, 0.1) is 24.6 Å². The minimum absolute atomic E-state index is 0.0572. The Morgan fingerprint density at radius 1 is 1.04 bits per heavy atom. The lowest BCUT2D eigenvalue weighted by atomic mass is 9.90. The molecule has 6 rings (SSSR count). The first-order valence-corrected chi connectivity index (χ1v) is 17.1. The third-order valence-corrected chi connectivity index (χ3v) is 9.44. The van der Waals surface area contributed by atoms with Crippen LogP contribution in [-0.4, -0.2) is 77.1 Å². The molecule has 3 amide bonds. The van der Waals surface area contributed by atoms with Gasteiger partial charge in [-0.2, -0.15) is 0 Å². The number of benzene rings is 2. The molecule has 1 aliphatic carbocycles. The van der Waals surface area contributed by atoms with Crippen molar-refractivity contribution in [3.8, 4) is 0 Å². The zero-order valence-electron chi connectivity index (χ0n) is 28.9. The van der Waals surface area contributed by atoms with Crippen molar-refractivity contribution in [2.75, 3.05) is 31.1 Å². The molecule has 11 heteroatoms. The maximum absolute atomic E-state index is 14.7. The maximum Gasteiger partial charge on any atom is 0.270 e. The first-order valence-electron chi connectivity index (χ1n) is 17.1. The second kappa shape index (κ2) is 13.5. The van der Waals surface area contributed by atoms with E-state index in [0.717, 1.165) is 29.9 Å². The van der Waals surface area contributed by atoms with Gasteiger partial charge in [-0.1, -0.05) is 24.3 Å². The van der Waals surface area contributed by atoms with Gasteiger partial charge in [0.15, 0.2) is 0 Å². The van der Waals surface area contributed by atoms with Gasteiger partial charge in [0.1, 0.15) is 23.7 Å². The van der Waals surface area contributed by atoms with Crippen LogP contribution in [0.15, 0.2) is 54.6 Å². The number of fused-ring (bicyclic) bond motifs is 1. The number of nitrogens with one attached hydrogen (secondary N) is 3. The van der Waals surface area contributed by atoms with Crippen LogP contribution in [-0.2, 0) is 9.59 Å². The maximum atomic E-state index is 14.7. The first-order chi connectivity index (χ1) is 23.2. The number of likely N-dealkylation sites (tertiary alicyclic amines) is 1. The number of anilines is 1. The molecule has 49 heavy (non-hydrogen) atoms. The van der Waals surface area contributed by atoms with Crippen molar-refractivity contribution in [3.63, 3.8) is 0 Å². The Balaban J connectivity index is 1.13. The summed E-state index contributed by atoms with van der Waals surface area (Å²) in [5.41, 5.74) is 3.43. The molecule has 3 aromatic rings. The van der Waals surface area contributed by atoms with E-state index < -0.39 is 48.3 Å². The molecular formula is C38H46F2N6O3. The molecule has 3 aliphatic rings. The van der Waals surface area contributed by atoms with Crippen LogP contribution < -0.4 is 20.9 Å². The van der Waals surface area contributed by atoms with Crippen molar-refractivity contribution in [1.29, 1.82) is 0 Å². The van der Waals surface area contributed by atoms with E-state index in [4.69, 9.17) is 0 Å². The lowest BCUT2D eigenvalue weighted by molar-refractivity contribution is -0.138. The van der Waals surface area contributed by atoms with E-state index in [1.54, 1.807) is 6.07 Å². The summed E-state index contributed by atoms with van der Waals surface area (Å²) in [6.07, 6.45) is 5.24. The van der Waals surface area contributed by atoms with Crippen molar-refractivity contribution in [3.05, 3.63) is 77.2 Å². The number of allylic oxidation sites excluding steroid dienone is 1. The number of amides is 3. The quantitative estimate of drug-likeness (QED) is 0.285. The average molecular weight is 673 g/mol. The smallest absolute Gasteiger partial charge is 0.270 e. The van der Waals surface area contributed by atoms with Crippen LogP contribution in [0.5, 0.6) is 0 Å². The zero-order valence-corrected chi connectivity index (χ0v) is 28.9. The second-order valence-electron chi connectivity index (χ2n) is 15.1. The normalized spacial score (nSPS) is 22.3. The van der Waals surface area contributed by atoms with Gasteiger partial charge < -0.3 is 25.8 Å². The van der Waals surface area contributed by atoms with Gasteiger partial charge in [-0.25, -0.2) is 13.8 Å². The number of aromatic nitrogens is 1. The van der Waals surface area contributed by atoms with E-state index in [9.17, 15) is 23.2 Å². The SMILES string of the molecule is C[C@H](NC(=O)[C@@H]1C[C@@H](F)CN1C(=O)CNC(=O)c1ccc2cc(F)ccc2n1)c1ccc(N2CC(C)(C)NC(C)(C)C2)cc1/C=C/C1CC1. The van der Waals surface area contributed by atoms with Crippen LogP contribution >= 0.6 is 0 Å². The molecule has 260 valence electrons. The summed E-state index contributed by atoms with van der Waals surface area (Å²) in [5.74, 6) is -1.45. The van der Waals surface area contributed by atoms with Crippen LogP contribution in [0, 0.1) is 11.7 Å². The van der Waals surface area contributed by atoms with Crippen molar-refractivity contribution in [2.45, 2.75) is 83.2 Å². The molecule has 9 nitrogen and oxygen atoms in total. The van der Waals surface area contributed by atoms with Gasteiger partial charge in [0, 0.05) is 41.7 Å². The largest absolute Gasteiger partial charge is 0.368 e. The van der Waals surface area contributed by atoms with E-state index in [-0.39, 0.29) is 29.7 Å². The minimum Gasteiger partial charge on any atom is -0.368 e. The summed E-state index contributed by atoms with van der Waals surface area (Å²) >= 11 is 0. The topological polar surface area (TPSA) is 107 Å². The Morgan fingerprint density at radius 2 is 1.78 bits per heavy atom. The monoisotopic (exact) mass is 672 g/mol. The van der Waals surface area contributed by atoms with Crippen molar-refractivity contribution in [2.24, 2.45) is 5.92 Å². The average Bonchev–Trinajstić information content (AvgIpc) is 3.78. The molecule has 2 aromatic carbocycles. The number of nitrogens with zero attached hydrogens (tertiary/aromatic N) is 3. The van der Waals surface area contributed by atoms with E-state index in [0.29, 0.717) is 16.8 Å². The number of hydrogen-bond donors (Lipinski definition) is 3. The fourth-order valence-electron chi connectivity index (χ4n) is 7.28. The Bertz CT molecular complexity index is 1770. The highest BCUT2D eigenvalue weighted by molar-refractivity contribution is 5.97. The molecule has 1 saturated carbocycles. The molecule has 2 saturated heterocycles. The van der Waals surface area contributed by atoms with Crippen molar-refractivity contribution in [1.82, 2.24) is 25.8 Å². The fourth-order valence-corrected chi connectivity index (χ4v) is 7.28. The Labute approximate surface area is 286 Å². The molecule has 3 atom stereocenters. The number of alkyl halides is 1. The van der Waals surface area contributed by atoms with Gasteiger partial charge in [-0.05, 0) is 101 Å². The molecule has 0 bridgehead atoms. The number of carbonyl (C=O) groups is 3. The van der Waals surface area contributed by atoms with Gasteiger partial charge >= 0.3 is 0 Å². The molecule has 1 aromatic heterocycles. The number of rotatable bonds is 9. The van der Waals surface area contributed by atoms with Crippen LogP contribution in [0.4, 0.5) is 14.5 Å². The molecular weight excluding hydrogens is 626 g/mol. The van der Waals surface area contributed by atoms with Crippen LogP contribution in [0.25, 0.3) is 17.0 Å². The predicted octanol–water partition coefficient (Wildman–Crippen LogP) is 5.31. The Kier molecular flexibility index (Phi) is 9.50. The molecule has 3 N–H and O–H groups in total. The predicted molar refractivity (Wildman–Crippen MR) is 187 cm³/mol. The van der Waals surface area contributed by atoms with Gasteiger partial charge in [0.2, 0.25) is 11.8 Å². The molecule has 0 unspecified atom stereocenters. The molecule has 3 heterocycles. The summed E-state index contributed by atoms with van der Waals surface area (Å²) in [6, 6.07) is 12.0. The Hall–Kier alpha value is -4.38. The summed E-state index contributed by atoms with van der Waals surface area (Å²) in [7, 11) is 0. The Morgan fingerprint density at radius 3 is 2.49 bits per heavy atom. The first kappa shape index (κ1) is 34.5. The molecule has 3 fully saturated rings. The highest BCUT2D eigenvalue weighted by atomic mass is 19.1. The zero-order chi connectivity index (χ0) is 35.1. The number of piperazine rings is 1. The second-order valence-corrected chi connectivity index (χ2v) is 15.1. The minimum atomic E-state index is -1.36. The molecule has 0 radical (unpaired) electrons. The van der Waals surface area contributed by atoms with E-state index >= 15 is 0 Å². The van der Waals surface area contributed by atoms with Gasteiger partial charge in [-0.15, -0.1) is 0 Å². The van der Waals surface area contributed by atoms with Gasteiger partial charge in [-0.3, -0.25) is 14.4 Å². The number of halogens is 2. The summed E-state index contributed by atoms with van der Waals surface area (Å²) in [5, 5.41) is 9.84.